The van der Waals surface area contributed by atoms with Crippen molar-refractivity contribution in [1.82, 2.24) is 15.1 Å². The Hall–Kier alpha value is -1.40. The van der Waals surface area contributed by atoms with Gasteiger partial charge < -0.3 is 10.8 Å². The van der Waals surface area contributed by atoms with E-state index in [9.17, 15) is 4.79 Å². The summed E-state index contributed by atoms with van der Waals surface area (Å²) in [5.41, 5.74) is 7.88. The van der Waals surface area contributed by atoms with Gasteiger partial charge in [0.25, 0.3) is 0 Å². The van der Waals surface area contributed by atoms with E-state index in [1.165, 1.54) is 0 Å². The third-order valence-electron chi connectivity index (χ3n) is 3.47. The third-order valence-corrected chi connectivity index (χ3v) is 3.47. The first kappa shape index (κ1) is 12.1. The fourth-order valence-corrected chi connectivity index (χ4v) is 2.25. The van der Waals surface area contributed by atoms with E-state index in [2.05, 4.69) is 15.1 Å². The SMILES string of the molecule is Cc1n[nH]c(C)c1CN1CC[C@](N)(C(=O)O)C1. The average Bonchev–Trinajstić information content (AvgIpc) is 2.78. The van der Waals surface area contributed by atoms with Crippen LogP contribution in [-0.4, -0.2) is 44.8 Å². The minimum absolute atomic E-state index is 0.395. The van der Waals surface area contributed by atoms with E-state index < -0.39 is 11.5 Å². The van der Waals surface area contributed by atoms with E-state index in [1.807, 2.05) is 13.8 Å². The predicted octanol–water partition coefficient (Wildman–Crippen LogP) is 0.0143. The van der Waals surface area contributed by atoms with Crippen LogP contribution in [0.3, 0.4) is 0 Å². The smallest absolute Gasteiger partial charge is 0.325 e. The van der Waals surface area contributed by atoms with Crippen LogP contribution >= 0.6 is 0 Å². The van der Waals surface area contributed by atoms with Crippen molar-refractivity contribution >= 4 is 5.97 Å². The first-order valence-corrected chi connectivity index (χ1v) is 5.67. The standard InChI is InChI=1S/C11H18N4O2/c1-7-9(8(2)14-13-7)5-15-4-3-11(12,6-15)10(16)17/h3-6,12H2,1-2H3,(H,13,14)(H,16,17)/t11-/m1/s1. The number of rotatable bonds is 3. The zero-order valence-electron chi connectivity index (χ0n) is 10.2. The molecule has 0 amide bonds. The maximum atomic E-state index is 11.0. The number of nitrogens with zero attached hydrogens (tertiary/aromatic N) is 2. The van der Waals surface area contributed by atoms with Gasteiger partial charge in [-0.1, -0.05) is 0 Å². The molecule has 1 saturated heterocycles. The highest BCUT2D eigenvalue weighted by molar-refractivity contribution is 5.79. The van der Waals surface area contributed by atoms with Crippen molar-refractivity contribution in [2.24, 2.45) is 5.73 Å². The summed E-state index contributed by atoms with van der Waals surface area (Å²) < 4.78 is 0. The number of aromatic nitrogens is 2. The maximum Gasteiger partial charge on any atom is 0.325 e. The van der Waals surface area contributed by atoms with Crippen LogP contribution in [0.5, 0.6) is 0 Å². The van der Waals surface area contributed by atoms with Crippen molar-refractivity contribution in [2.75, 3.05) is 13.1 Å². The zero-order valence-corrected chi connectivity index (χ0v) is 10.2. The minimum Gasteiger partial charge on any atom is -0.480 e. The molecule has 1 aliphatic heterocycles. The molecule has 2 heterocycles. The molecule has 94 valence electrons. The number of carbonyl (C=O) groups is 1. The Morgan fingerprint density at radius 3 is 2.82 bits per heavy atom. The van der Waals surface area contributed by atoms with E-state index in [0.717, 1.165) is 17.0 Å². The fourth-order valence-electron chi connectivity index (χ4n) is 2.25. The molecule has 0 bridgehead atoms. The highest BCUT2D eigenvalue weighted by atomic mass is 16.4. The van der Waals surface area contributed by atoms with Gasteiger partial charge in [-0.25, -0.2) is 0 Å². The van der Waals surface area contributed by atoms with Crippen LogP contribution in [-0.2, 0) is 11.3 Å². The summed E-state index contributed by atoms with van der Waals surface area (Å²) in [7, 11) is 0. The second kappa shape index (κ2) is 4.12. The molecule has 0 spiro atoms. The Kier molecular flexibility index (Phi) is 2.92. The number of likely N-dealkylation sites (tertiary alicyclic amines) is 1. The molecule has 0 aromatic carbocycles. The van der Waals surface area contributed by atoms with Gasteiger partial charge in [-0.05, 0) is 20.3 Å². The first-order valence-electron chi connectivity index (χ1n) is 5.67. The third kappa shape index (κ3) is 2.18. The largest absolute Gasteiger partial charge is 0.480 e. The molecule has 1 aliphatic rings. The number of aryl methyl sites for hydroxylation is 2. The number of hydrogen-bond acceptors (Lipinski definition) is 4. The number of H-pyrrole nitrogens is 1. The molecular weight excluding hydrogens is 220 g/mol. The number of hydrogen-bond donors (Lipinski definition) is 3. The molecule has 4 N–H and O–H groups in total. The Labute approximate surface area is 99.8 Å². The lowest BCUT2D eigenvalue weighted by molar-refractivity contribution is -0.142. The Balaban J connectivity index is 2.06. The molecule has 0 aliphatic carbocycles. The van der Waals surface area contributed by atoms with Gasteiger partial charge in [-0.15, -0.1) is 0 Å². The summed E-state index contributed by atoms with van der Waals surface area (Å²) in [5, 5.41) is 16.1. The van der Waals surface area contributed by atoms with E-state index in [0.29, 0.717) is 26.1 Å². The predicted molar refractivity (Wildman–Crippen MR) is 62.5 cm³/mol. The average molecular weight is 238 g/mol. The molecule has 1 atom stereocenters. The lowest BCUT2D eigenvalue weighted by atomic mass is 10.0. The number of nitrogens with one attached hydrogen (secondary N) is 1. The van der Waals surface area contributed by atoms with Gasteiger partial charge in [0.1, 0.15) is 5.54 Å². The number of nitrogens with two attached hydrogens (primary N) is 1. The molecule has 6 nitrogen and oxygen atoms in total. The summed E-state index contributed by atoms with van der Waals surface area (Å²) in [6.07, 6.45) is 0.498. The van der Waals surface area contributed by atoms with Crippen LogP contribution in [0.4, 0.5) is 0 Å². The molecule has 17 heavy (non-hydrogen) atoms. The fraction of sp³-hybridized carbons (Fsp3) is 0.636. The number of aliphatic carboxylic acids is 1. The van der Waals surface area contributed by atoms with Crippen molar-refractivity contribution in [3.05, 3.63) is 17.0 Å². The molecule has 1 aromatic heterocycles. The van der Waals surface area contributed by atoms with E-state index in [1.54, 1.807) is 0 Å². The van der Waals surface area contributed by atoms with Crippen LogP contribution in [0.15, 0.2) is 0 Å². The van der Waals surface area contributed by atoms with Crippen LogP contribution < -0.4 is 5.73 Å². The summed E-state index contributed by atoms with van der Waals surface area (Å²) >= 11 is 0. The first-order chi connectivity index (χ1) is 7.92. The van der Waals surface area contributed by atoms with Crippen molar-refractivity contribution in [1.29, 1.82) is 0 Å². The lowest BCUT2D eigenvalue weighted by Gasteiger charge is -2.20. The Morgan fingerprint density at radius 1 is 1.65 bits per heavy atom. The van der Waals surface area contributed by atoms with Gasteiger partial charge in [0.15, 0.2) is 0 Å². The monoisotopic (exact) mass is 238 g/mol. The van der Waals surface area contributed by atoms with Crippen LogP contribution in [0.2, 0.25) is 0 Å². The Morgan fingerprint density at radius 2 is 2.35 bits per heavy atom. The van der Waals surface area contributed by atoms with Gasteiger partial charge >= 0.3 is 5.97 Å². The molecule has 0 radical (unpaired) electrons. The summed E-state index contributed by atoms with van der Waals surface area (Å²) in [6.45, 7) is 5.74. The number of carboxylic acids is 1. The molecule has 2 rings (SSSR count). The second-order valence-electron chi connectivity index (χ2n) is 4.83. The van der Waals surface area contributed by atoms with Crippen LogP contribution in [0.25, 0.3) is 0 Å². The molecule has 6 heteroatoms. The summed E-state index contributed by atoms with van der Waals surface area (Å²) in [6, 6.07) is 0. The number of aromatic amines is 1. The topological polar surface area (TPSA) is 95.2 Å². The second-order valence-corrected chi connectivity index (χ2v) is 4.83. The lowest BCUT2D eigenvalue weighted by Crippen LogP contribution is -2.50. The number of carboxylic acid groups (broad SMARTS) is 1. The van der Waals surface area contributed by atoms with Crippen LogP contribution in [0.1, 0.15) is 23.4 Å². The highest BCUT2D eigenvalue weighted by Gasteiger charge is 2.41. The minimum atomic E-state index is -1.09. The molecule has 1 fully saturated rings. The van der Waals surface area contributed by atoms with Crippen molar-refractivity contribution < 1.29 is 9.90 Å². The molecule has 0 saturated carbocycles. The van der Waals surface area contributed by atoms with E-state index >= 15 is 0 Å². The van der Waals surface area contributed by atoms with Gasteiger partial charge in [-0.2, -0.15) is 5.10 Å². The highest BCUT2D eigenvalue weighted by Crippen LogP contribution is 2.22. The van der Waals surface area contributed by atoms with Gasteiger partial charge in [0.05, 0.1) is 5.69 Å². The molecule has 0 unspecified atom stereocenters. The van der Waals surface area contributed by atoms with Crippen molar-refractivity contribution in [2.45, 2.75) is 32.4 Å². The normalized spacial score (nSPS) is 25.4. The van der Waals surface area contributed by atoms with E-state index in [-0.39, 0.29) is 0 Å². The maximum absolute atomic E-state index is 11.0. The quantitative estimate of drug-likeness (QED) is 0.689. The van der Waals surface area contributed by atoms with Crippen LogP contribution in [0, 0.1) is 13.8 Å². The van der Waals surface area contributed by atoms with Gasteiger partial charge in [0, 0.05) is 30.9 Å². The van der Waals surface area contributed by atoms with Crippen molar-refractivity contribution in [3.63, 3.8) is 0 Å². The van der Waals surface area contributed by atoms with Gasteiger partial charge in [0.2, 0.25) is 0 Å². The van der Waals surface area contributed by atoms with Gasteiger partial charge in [-0.3, -0.25) is 14.8 Å². The van der Waals surface area contributed by atoms with Crippen molar-refractivity contribution in [3.8, 4) is 0 Å². The Bertz CT molecular complexity index is 423. The summed E-state index contributed by atoms with van der Waals surface area (Å²) in [5.74, 6) is -0.916. The molecular formula is C11H18N4O2. The molecule has 1 aromatic rings. The summed E-state index contributed by atoms with van der Waals surface area (Å²) in [4.78, 5) is 13.1. The van der Waals surface area contributed by atoms with E-state index in [4.69, 9.17) is 10.8 Å². The zero-order chi connectivity index (χ0) is 12.6.